The quantitative estimate of drug-likeness (QED) is 0.193. The van der Waals surface area contributed by atoms with Crippen LogP contribution in [0.1, 0.15) is 5.56 Å². The van der Waals surface area contributed by atoms with E-state index < -0.39 is 8.07 Å². The molecular weight excluding hydrogens is 551 g/mol. The molecule has 0 amide bonds. The van der Waals surface area contributed by atoms with Gasteiger partial charge >= 0.3 is 0 Å². The van der Waals surface area contributed by atoms with Crippen LogP contribution in [0.3, 0.4) is 0 Å². The Morgan fingerprint density at radius 1 is 0.591 bits per heavy atom. The Balaban J connectivity index is 1.38. The normalized spacial score (nSPS) is 15.2. The number of hydrogen-bond acceptors (Lipinski definition) is 3. The molecule has 6 aromatic carbocycles. The van der Waals surface area contributed by atoms with E-state index in [1.807, 2.05) is 0 Å². The lowest BCUT2D eigenvalue weighted by Crippen LogP contribution is -2.67. The zero-order valence-corrected chi connectivity index (χ0v) is 25.9. The average molecular weight is 581 g/mol. The van der Waals surface area contributed by atoms with E-state index >= 15 is 0 Å². The van der Waals surface area contributed by atoms with Crippen molar-refractivity contribution in [2.45, 2.75) is 20.0 Å². The number of aryl methyl sites for hydroxylation is 1. The van der Waals surface area contributed by atoms with Gasteiger partial charge in [0.15, 0.2) is 5.58 Å². The molecule has 0 saturated heterocycles. The number of furan rings is 1. The minimum atomic E-state index is -2.10. The van der Waals surface area contributed by atoms with Crippen molar-refractivity contribution in [3.05, 3.63) is 127 Å². The molecule has 0 N–H and O–H groups in total. The molecule has 208 valence electrons. The summed E-state index contributed by atoms with van der Waals surface area (Å²) in [7, 11) is -2.10. The maximum Gasteiger partial charge on any atom is 0.252 e. The number of benzene rings is 6. The molecule has 44 heavy (non-hydrogen) atoms. The lowest BCUT2D eigenvalue weighted by atomic mass is 9.33. The average Bonchev–Trinajstić information content (AvgIpc) is 3.43. The van der Waals surface area contributed by atoms with Gasteiger partial charge in [0.1, 0.15) is 13.7 Å². The van der Waals surface area contributed by atoms with E-state index in [1.165, 1.54) is 77.2 Å². The predicted octanol–water partition coefficient (Wildman–Crippen LogP) is 7.11. The molecule has 4 heterocycles. The van der Waals surface area contributed by atoms with Crippen LogP contribution in [0.25, 0.3) is 21.9 Å². The first-order chi connectivity index (χ1) is 21.5. The van der Waals surface area contributed by atoms with Crippen molar-refractivity contribution >= 4 is 97.6 Å². The maximum atomic E-state index is 6.81. The number of nitrogens with zero attached hydrogens (tertiary/aromatic N) is 2. The van der Waals surface area contributed by atoms with E-state index in [1.54, 1.807) is 0 Å². The molecule has 1 aromatic heterocycles. The first-order valence-corrected chi connectivity index (χ1v) is 18.5. The van der Waals surface area contributed by atoms with Crippen molar-refractivity contribution in [1.82, 2.24) is 0 Å². The molecule has 5 heteroatoms. The molecule has 0 radical (unpaired) electrons. The van der Waals surface area contributed by atoms with Gasteiger partial charge in [-0.1, -0.05) is 98.0 Å². The first-order valence-electron chi connectivity index (χ1n) is 15.5. The molecule has 0 aliphatic carbocycles. The maximum absolute atomic E-state index is 6.81. The van der Waals surface area contributed by atoms with Crippen molar-refractivity contribution in [3.8, 4) is 0 Å². The number of anilines is 6. The smallest absolute Gasteiger partial charge is 0.252 e. The highest BCUT2D eigenvalue weighted by Crippen LogP contribution is 2.48. The molecule has 3 aliphatic rings. The molecule has 0 unspecified atom stereocenters. The van der Waals surface area contributed by atoms with Crippen molar-refractivity contribution in [2.75, 3.05) is 9.80 Å². The summed E-state index contributed by atoms with van der Waals surface area (Å²) in [6.45, 7) is 7.40. The topological polar surface area (TPSA) is 19.6 Å². The van der Waals surface area contributed by atoms with Gasteiger partial charge in [0, 0.05) is 39.2 Å². The van der Waals surface area contributed by atoms with Gasteiger partial charge in [0.25, 0.3) is 6.71 Å². The van der Waals surface area contributed by atoms with E-state index in [0.717, 1.165) is 11.2 Å². The second kappa shape index (κ2) is 8.34. The van der Waals surface area contributed by atoms with Gasteiger partial charge in [-0.15, -0.1) is 0 Å². The first kappa shape index (κ1) is 24.4. The SMILES string of the molecule is Cc1cc2c3c(c1)N1c4c(cccc4[Si](C)(C)c4ccc5c(oc6ccccc65)c41)B3c1ccccc1N2c1ccccc1. The second-order valence-corrected chi connectivity index (χ2v) is 17.3. The fourth-order valence-corrected chi connectivity index (χ4v) is 11.3. The summed E-state index contributed by atoms with van der Waals surface area (Å²) < 4.78 is 6.81. The summed E-state index contributed by atoms with van der Waals surface area (Å²) in [6.07, 6.45) is 0. The summed E-state index contributed by atoms with van der Waals surface area (Å²) in [4.78, 5) is 5.06. The highest BCUT2D eigenvalue weighted by atomic mass is 28.3. The van der Waals surface area contributed by atoms with Crippen LogP contribution in [0.4, 0.5) is 34.1 Å². The fraction of sp³-hybridized carbons (Fsp3) is 0.0769. The summed E-state index contributed by atoms with van der Waals surface area (Å²) >= 11 is 0. The Morgan fingerprint density at radius 3 is 2.16 bits per heavy atom. The molecule has 0 bridgehead atoms. The zero-order chi connectivity index (χ0) is 29.3. The summed E-state index contributed by atoms with van der Waals surface area (Å²) in [5.41, 5.74) is 14.8. The van der Waals surface area contributed by atoms with Crippen molar-refractivity contribution in [2.24, 2.45) is 0 Å². The Bertz CT molecular complexity index is 2360. The van der Waals surface area contributed by atoms with Crippen LogP contribution in [0.15, 0.2) is 126 Å². The third-order valence-corrected chi connectivity index (χ3v) is 13.7. The van der Waals surface area contributed by atoms with Gasteiger partial charge in [-0.3, -0.25) is 0 Å². The van der Waals surface area contributed by atoms with E-state index in [9.17, 15) is 0 Å². The lowest BCUT2D eigenvalue weighted by molar-refractivity contribution is 0.669. The monoisotopic (exact) mass is 580 g/mol. The molecule has 0 saturated carbocycles. The van der Waals surface area contributed by atoms with Crippen LogP contribution >= 0.6 is 0 Å². The molecule has 0 fully saturated rings. The molecule has 7 aromatic rings. The number of para-hydroxylation sites is 4. The number of fused-ring (bicyclic) bond motifs is 10. The van der Waals surface area contributed by atoms with E-state index in [2.05, 4.69) is 151 Å². The molecular formula is C39H29BN2OSi. The Hall–Kier alpha value is -5.00. The third kappa shape index (κ3) is 2.93. The predicted molar refractivity (Wildman–Crippen MR) is 189 cm³/mol. The minimum absolute atomic E-state index is 0.143. The van der Waals surface area contributed by atoms with E-state index in [-0.39, 0.29) is 6.71 Å². The van der Waals surface area contributed by atoms with Crippen LogP contribution in [-0.4, -0.2) is 14.8 Å². The summed E-state index contributed by atoms with van der Waals surface area (Å²) in [5.74, 6) is 0. The van der Waals surface area contributed by atoms with E-state index in [4.69, 9.17) is 4.42 Å². The van der Waals surface area contributed by atoms with Crippen molar-refractivity contribution < 1.29 is 4.42 Å². The number of hydrogen-bond donors (Lipinski definition) is 0. The van der Waals surface area contributed by atoms with Crippen LogP contribution in [0.2, 0.25) is 13.1 Å². The minimum Gasteiger partial charge on any atom is -0.454 e. The second-order valence-electron chi connectivity index (χ2n) is 13.0. The van der Waals surface area contributed by atoms with Crippen LogP contribution in [0.5, 0.6) is 0 Å². The highest BCUT2D eigenvalue weighted by molar-refractivity contribution is 7.06. The Morgan fingerprint density at radius 2 is 1.30 bits per heavy atom. The van der Waals surface area contributed by atoms with Gasteiger partial charge < -0.3 is 14.2 Å². The summed E-state index contributed by atoms with van der Waals surface area (Å²) in [5, 5.41) is 5.28. The lowest BCUT2D eigenvalue weighted by Gasteiger charge is -2.49. The van der Waals surface area contributed by atoms with Gasteiger partial charge in [0.2, 0.25) is 0 Å². The largest absolute Gasteiger partial charge is 0.454 e. The van der Waals surface area contributed by atoms with Crippen LogP contribution < -0.4 is 36.6 Å². The standard InChI is InChI=1S/C39H29BN2OSi/c1-24-22-31-36-32(23-24)42-37-29(40(36)28-15-8-9-17-30(28)41(31)25-12-5-4-6-13-25)16-11-19-34(37)44(2,3)35-21-20-27-26-14-7-10-18-33(26)43-39(27)38(35)42/h4-23H,1-3H3. The molecule has 10 rings (SSSR count). The van der Waals surface area contributed by atoms with Crippen LogP contribution in [-0.2, 0) is 0 Å². The van der Waals surface area contributed by atoms with Crippen molar-refractivity contribution in [1.29, 1.82) is 0 Å². The van der Waals surface area contributed by atoms with Crippen LogP contribution in [0, 0.1) is 6.92 Å². The zero-order valence-electron chi connectivity index (χ0n) is 24.9. The van der Waals surface area contributed by atoms with Gasteiger partial charge in [-0.2, -0.15) is 0 Å². The molecule has 3 aliphatic heterocycles. The molecule has 3 nitrogen and oxygen atoms in total. The fourth-order valence-electron chi connectivity index (χ4n) is 8.37. The highest BCUT2D eigenvalue weighted by Gasteiger charge is 2.49. The van der Waals surface area contributed by atoms with Gasteiger partial charge in [0.05, 0.1) is 5.69 Å². The van der Waals surface area contributed by atoms with Crippen molar-refractivity contribution in [3.63, 3.8) is 0 Å². The van der Waals surface area contributed by atoms with Gasteiger partial charge in [-0.25, -0.2) is 0 Å². The molecule has 0 spiro atoms. The number of rotatable bonds is 1. The van der Waals surface area contributed by atoms with E-state index in [0.29, 0.717) is 0 Å². The molecule has 0 atom stereocenters. The third-order valence-electron chi connectivity index (χ3n) is 10.2. The summed E-state index contributed by atoms with van der Waals surface area (Å²) in [6, 6.07) is 44.9. The van der Waals surface area contributed by atoms with Gasteiger partial charge in [-0.05, 0) is 75.6 Å². The Labute approximate surface area is 258 Å². The Kier molecular flexibility index (Phi) is 4.63.